The van der Waals surface area contributed by atoms with Crippen molar-refractivity contribution < 1.29 is 0 Å². The van der Waals surface area contributed by atoms with E-state index in [9.17, 15) is 0 Å². The monoisotopic (exact) mass is 474 g/mol. The molecule has 0 saturated carbocycles. The van der Waals surface area contributed by atoms with E-state index in [-0.39, 0.29) is 0 Å². The molecule has 174 valence electrons. The molecule has 4 heteroatoms. The average molecular weight is 475 g/mol. The predicted octanol–water partition coefficient (Wildman–Crippen LogP) is 8.49. The fraction of sp³-hybridized carbons (Fsp3) is 0. The van der Waals surface area contributed by atoms with Crippen LogP contribution in [0.1, 0.15) is 0 Å². The molecule has 5 aromatic carbocycles. The Morgan fingerprint density at radius 2 is 1.05 bits per heavy atom. The summed E-state index contributed by atoms with van der Waals surface area (Å²) >= 11 is 0. The topological polar surface area (TPSA) is 25.5 Å². The number of nitrogens with zero attached hydrogens (tertiary/aromatic N) is 4. The molecule has 8 aromatic rings. The third-order valence-corrected chi connectivity index (χ3v) is 7.34. The van der Waals surface area contributed by atoms with E-state index in [0.717, 1.165) is 33.8 Å². The third kappa shape index (κ3) is 2.87. The first kappa shape index (κ1) is 20.1. The van der Waals surface area contributed by atoms with Crippen molar-refractivity contribution in [3.05, 3.63) is 134 Å². The lowest BCUT2D eigenvalue weighted by atomic mass is 10.1. The second kappa shape index (κ2) is 7.70. The maximum Gasteiger partial charge on any atom is 0.0753 e. The number of hydrogen-bond acceptors (Lipinski definition) is 2. The quantitative estimate of drug-likeness (QED) is 0.239. The Kier molecular flexibility index (Phi) is 4.19. The highest BCUT2D eigenvalue weighted by atomic mass is 15.2. The highest BCUT2D eigenvalue weighted by Crippen LogP contribution is 2.41. The normalized spacial score (nSPS) is 11.8. The Morgan fingerprint density at radius 1 is 0.459 bits per heavy atom. The Balaban J connectivity index is 1.35. The van der Waals surface area contributed by atoms with Gasteiger partial charge in [-0.3, -0.25) is 0 Å². The number of anilines is 3. The number of rotatable bonds is 4. The van der Waals surface area contributed by atoms with Crippen LogP contribution in [0.3, 0.4) is 0 Å². The summed E-state index contributed by atoms with van der Waals surface area (Å²) in [6.45, 7) is 0. The molecule has 3 heterocycles. The lowest BCUT2D eigenvalue weighted by Gasteiger charge is -2.25. The van der Waals surface area contributed by atoms with E-state index < -0.39 is 0 Å². The molecule has 8 rings (SSSR count). The molecule has 37 heavy (non-hydrogen) atoms. The van der Waals surface area contributed by atoms with E-state index in [0.29, 0.717) is 0 Å². The molecule has 0 unspecified atom stereocenters. The zero-order valence-electron chi connectivity index (χ0n) is 20.0. The first-order valence-electron chi connectivity index (χ1n) is 12.5. The molecule has 3 aromatic heterocycles. The third-order valence-electron chi connectivity index (χ3n) is 7.34. The fourth-order valence-electron chi connectivity index (χ4n) is 5.81. The Morgan fingerprint density at radius 3 is 1.76 bits per heavy atom. The average Bonchev–Trinajstić information content (AvgIpc) is 3.59. The van der Waals surface area contributed by atoms with Gasteiger partial charge in [-0.1, -0.05) is 54.6 Å². The summed E-state index contributed by atoms with van der Waals surface area (Å²) < 4.78 is 4.44. The maximum atomic E-state index is 4.64. The summed E-state index contributed by atoms with van der Waals surface area (Å²) in [5.41, 5.74) is 9.20. The van der Waals surface area contributed by atoms with Crippen molar-refractivity contribution in [2.75, 3.05) is 4.90 Å². The summed E-state index contributed by atoms with van der Waals surface area (Å²) in [4.78, 5) is 2.29. The minimum Gasteiger partial charge on any atom is -0.311 e. The molecule has 0 saturated heterocycles. The maximum absolute atomic E-state index is 4.64. The van der Waals surface area contributed by atoms with Crippen LogP contribution >= 0.6 is 0 Å². The number of aromatic nitrogens is 3. The predicted molar refractivity (Wildman–Crippen MR) is 153 cm³/mol. The van der Waals surface area contributed by atoms with Gasteiger partial charge in [0.1, 0.15) is 0 Å². The number of benzene rings is 5. The standard InChI is InChI=1S/C33H22N4/c1-3-9-23(10-4-1)35(24-11-5-2-6-12-24)25-17-19-26(20-18-25)36-29-14-7-13-27-28-21-22-34-37(28)31-16-8-15-30(36)33(31)32(27)29/h1-22H. The molecule has 0 radical (unpaired) electrons. The van der Waals surface area contributed by atoms with Gasteiger partial charge in [-0.25, -0.2) is 4.52 Å². The highest BCUT2D eigenvalue weighted by Gasteiger charge is 2.20. The first-order valence-corrected chi connectivity index (χ1v) is 12.5. The molecule has 0 atom stereocenters. The van der Waals surface area contributed by atoms with Gasteiger partial charge in [0.2, 0.25) is 0 Å². The van der Waals surface area contributed by atoms with Crippen molar-refractivity contribution in [2.24, 2.45) is 0 Å². The van der Waals surface area contributed by atoms with Crippen molar-refractivity contribution in [1.82, 2.24) is 14.2 Å². The number of pyridine rings is 1. The van der Waals surface area contributed by atoms with E-state index >= 15 is 0 Å². The van der Waals surface area contributed by atoms with Crippen LogP contribution in [0.5, 0.6) is 0 Å². The molecule has 0 aliphatic carbocycles. The summed E-state index contributed by atoms with van der Waals surface area (Å²) in [6.07, 6.45) is 1.89. The van der Waals surface area contributed by atoms with Gasteiger partial charge in [-0.05, 0) is 72.8 Å². The summed E-state index contributed by atoms with van der Waals surface area (Å²) in [5.74, 6) is 0. The van der Waals surface area contributed by atoms with Crippen LogP contribution < -0.4 is 4.90 Å². The largest absolute Gasteiger partial charge is 0.311 e. The molecule has 0 amide bonds. The van der Waals surface area contributed by atoms with Gasteiger partial charge in [0.05, 0.1) is 28.3 Å². The smallest absolute Gasteiger partial charge is 0.0753 e. The van der Waals surface area contributed by atoms with Gasteiger partial charge in [0.15, 0.2) is 0 Å². The SMILES string of the molecule is c1ccc(N(c2ccccc2)c2ccc(-n3c4cccc5c4c4c3cccc4n3nccc53)cc2)cc1. The van der Waals surface area contributed by atoms with Crippen LogP contribution in [0, 0.1) is 0 Å². The fourth-order valence-corrected chi connectivity index (χ4v) is 5.81. The van der Waals surface area contributed by atoms with Crippen LogP contribution in [0.15, 0.2) is 134 Å². The molecular formula is C33H22N4. The van der Waals surface area contributed by atoms with Gasteiger partial charge >= 0.3 is 0 Å². The molecule has 4 nitrogen and oxygen atoms in total. The van der Waals surface area contributed by atoms with Crippen LogP contribution in [0.25, 0.3) is 43.9 Å². The molecule has 0 aliphatic heterocycles. The van der Waals surface area contributed by atoms with Gasteiger partial charge < -0.3 is 9.47 Å². The summed E-state index contributed by atoms with van der Waals surface area (Å²) in [7, 11) is 0. The second-order valence-corrected chi connectivity index (χ2v) is 9.36. The number of fused-ring (bicyclic) bond motifs is 3. The van der Waals surface area contributed by atoms with Gasteiger partial charge in [0, 0.05) is 38.9 Å². The second-order valence-electron chi connectivity index (χ2n) is 9.36. The Hall–Kier alpha value is -5.09. The zero-order chi connectivity index (χ0) is 24.3. The summed E-state index contributed by atoms with van der Waals surface area (Å²) in [5, 5.41) is 8.42. The van der Waals surface area contributed by atoms with E-state index in [2.05, 4.69) is 146 Å². The lowest BCUT2D eigenvalue weighted by molar-refractivity contribution is 1.01. The van der Waals surface area contributed by atoms with E-state index in [4.69, 9.17) is 0 Å². The van der Waals surface area contributed by atoms with Crippen molar-refractivity contribution in [2.45, 2.75) is 0 Å². The number of para-hydroxylation sites is 2. The van der Waals surface area contributed by atoms with Crippen LogP contribution in [-0.2, 0) is 0 Å². The van der Waals surface area contributed by atoms with Crippen molar-refractivity contribution in [3.8, 4) is 5.69 Å². The number of hydrogen-bond donors (Lipinski definition) is 0. The van der Waals surface area contributed by atoms with Crippen molar-refractivity contribution in [1.29, 1.82) is 0 Å². The van der Waals surface area contributed by atoms with Crippen molar-refractivity contribution >= 4 is 55.3 Å². The summed E-state index contributed by atoms with van der Waals surface area (Å²) in [6, 6.07) is 45.1. The van der Waals surface area contributed by atoms with E-state index in [1.807, 2.05) is 6.20 Å². The zero-order valence-corrected chi connectivity index (χ0v) is 20.0. The Bertz CT molecular complexity index is 1890. The van der Waals surface area contributed by atoms with E-state index in [1.54, 1.807) is 0 Å². The van der Waals surface area contributed by atoms with E-state index in [1.165, 1.54) is 27.2 Å². The molecule has 0 N–H and O–H groups in total. The highest BCUT2D eigenvalue weighted by molar-refractivity contribution is 6.26. The molecule has 0 fully saturated rings. The molecular weight excluding hydrogens is 452 g/mol. The van der Waals surface area contributed by atoms with Crippen LogP contribution in [0.4, 0.5) is 17.1 Å². The molecule has 0 spiro atoms. The van der Waals surface area contributed by atoms with Gasteiger partial charge in [-0.2, -0.15) is 5.10 Å². The molecule has 0 bridgehead atoms. The van der Waals surface area contributed by atoms with Crippen LogP contribution in [-0.4, -0.2) is 14.2 Å². The minimum absolute atomic E-state index is 1.12. The van der Waals surface area contributed by atoms with Crippen LogP contribution in [0.2, 0.25) is 0 Å². The van der Waals surface area contributed by atoms with Crippen molar-refractivity contribution in [3.63, 3.8) is 0 Å². The van der Waals surface area contributed by atoms with Gasteiger partial charge in [-0.15, -0.1) is 0 Å². The van der Waals surface area contributed by atoms with Gasteiger partial charge in [0.25, 0.3) is 0 Å². The molecule has 0 aliphatic rings. The lowest BCUT2D eigenvalue weighted by Crippen LogP contribution is -2.09. The first-order chi connectivity index (χ1) is 18.4. The Labute approximate surface area is 213 Å². The minimum atomic E-state index is 1.12.